The van der Waals surface area contributed by atoms with Gasteiger partial charge >= 0.3 is 11.9 Å². The van der Waals surface area contributed by atoms with Gasteiger partial charge in [0, 0.05) is 6.54 Å². The topological polar surface area (TPSA) is 55.4 Å². The van der Waals surface area contributed by atoms with Gasteiger partial charge in [-0.2, -0.15) is 0 Å². The largest absolute Gasteiger partial charge is 0.462 e. The Morgan fingerprint density at radius 2 is 2.00 bits per heavy atom. The highest BCUT2D eigenvalue weighted by Crippen LogP contribution is 2.26. The van der Waals surface area contributed by atoms with Crippen LogP contribution in [0.4, 0.5) is 0 Å². The molecule has 0 aromatic heterocycles. The minimum atomic E-state index is -0.809. The second-order valence-corrected chi connectivity index (χ2v) is 3.69. The van der Waals surface area contributed by atoms with E-state index in [9.17, 15) is 9.59 Å². The summed E-state index contributed by atoms with van der Waals surface area (Å²) >= 11 is 0. The van der Waals surface area contributed by atoms with Crippen LogP contribution in [0.5, 0.6) is 0 Å². The Morgan fingerprint density at radius 1 is 1.36 bits per heavy atom. The van der Waals surface area contributed by atoms with Crippen molar-refractivity contribution in [3.63, 3.8) is 0 Å². The van der Waals surface area contributed by atoms with Crippen molar-refractivity contribution in [1.82, 2.24) is 5.32 Å². The maximum Gasteiger partial charge on any atom is 0.396 e. The maximum absolute atomic E-state index is 11.0. The highest BCUT2D eigenvalue weighted by molar-refractivity contribution is 6.32. The van der Waals surface area contributed by atoms with E-state index >= 15 is 0 Å². The van der Waals surface area contributed by atoms with Crippen LogP contribution < -0.4 is 5.32 Å². The molecule has 0 unspecified atom stereocenters. The van der Waals surface area contributed by atoms with Crippen LogP contribution in [-0.2, 0) is 14.3 Å². The lowest BCUT2D eigenvalue weighted by atomic mass is 10.0. The quantitative estimate of drug-likeness (QED) is 0.541. The van der Waals surface area contributed by atoms with E-state index < -0.39 is 11.9 Å². The monoisotopic (exact) mass is 199 g/mol. The van der Waals surface area contributed by atoms with Gasteiger partial charge in [-0.25, -0.2) is 4.79 Å². The molecule has 0 atom stereocenters. The van der Waals surface area contributed by atoms with Crippen molar-refractivity contribution in [2.75, 3.05) is 13.7 Å². The zero-order chi connectivity index (χ0) is 10.4. The third-order valence-electron chi connectivity index (χ3n) is 2.68. The normalized spacial score (nSPS) is 16.6. The number of hydrogen-bond acceptors (Lipinski definition) is 3. The molecule has 0 spiro atoms. The zero-order valence-corrected chi connectivity index (χ0v) is 8.54. The van der Waals surface area contributed by atoms with Crippen LogP contribution in [-0.4, -0.2) is 25.5 Å². The molecule has 0 saturated heterocycles. The summed E-state index contributed by atoms with van der Waals surface area (Å²) in [5.74, 6) is -0.713. The van der Waals surface area contributed by atoms with E-state index in [1.807, 2.05) is 0 Å². The molecule has 1 saturated carbocycles. The van der Waals surface area contributed by atoms with Gasteiger partial charge in [-0.05, 0) is 12.3 Å². The molecule has 1 aliphatic rings. The van der Waals surface area contributed by atoms with Gasteiger partial charge in [0.1, 0.15) is 0 Å². The Bertz CT molecular complexity index is 209. The number of nitrogens with one attached hydrogen (secondary N) is 1. The molecule has 4 heteroatoms. The van der Waals surface area contributed by atoms with Gasteiger partial charge in [0.15, 0.2) is 0 Å². The van der Waals surface area contributed by atoms with Gasteiger partial charge in [-0.1, -0.05) is 25.7 Å². The van der Waals surface area contributed by atoms with Crippen molar-refractivity contribution in [1.29, 1.82) is 0 Å². The Balaban J connectivity index is 2.08. The zero-order valence-electron chi connectivity index (χ0n) is 8.54. The van der Waals surface area contributed by atoms with Gasteiger partial charge < -0.3 is 10.1 Å². The van der Waals surface area contributed by atoms with Crippen LogP contribution in [0, 0.1) is 5.92 Å². The first-order valence-corrected chi connectivity index (χ1v) is 5.10. The lowest BCUT2D eigenvalue weighted by Crippen LogP contribution is -2.33. The van der Waals surface area contributed by atoms with Crippen LogP contribution in [0.3, 0.4) is 0 Å². The van der Waals surface area contributed by atoms with E-state index in [1.54, 1.807) is 0 Å². The number of esters is 1. The smallest absolute Gasteiger partial charge is 0.396 e. The van der Waals surface area contributed by atoms with Crippen molar-refractivity contribution >= 4 is 11.9 Å². The Morgan fingerprint density at radius 3 is 2.57 bits per heavy atom. The molecule has 4 nitrogen and oxygen atoms in total. The molecule has 1 fully saturated rings. The number of amides is 1. The van der Waals surface area contributed by atoms with Crippen LogP contribution in [0.1, 0.15) is 32.1 Å². The van der Waals surface area contributed by atoms with E-state index in [1.165, 1.54) is 32.8 Å². The molecule has 0 aliphatic heterocycles. The van der Waals surface area contributed by atoms with Gasteiger partial charge in [0.25, 0.3) is 0 Å². The van der Waals surface area contributed by atoms with Gasteiger partial charge in [-0.15, -0.1) is 0 Å². The number of hydrogen-bond donors (Lipinski definition) is 1. The standard InChI is InChI=1S/C10H17NO3/c1-14-10(13)9(12)11-7-6-8-4-2-3-5-8/h8H,2-7H2,1H3,(H,11,12). The molecule has 1 N–H and O–H groups in total. The van der Waals surface area contributed by atoms with Gasteiger partial charge in [0.2, 0.25) is 0 Å². The van der Waals surface area contributed by atoms with E-state index in [0.717, 1.165) is 12.3 Å². The average molecular weight is 199 g/mol. The number of carbonyl (C=O) groups excluding carboxylic acids is 2. The summed E-state index contributed by atoms with van der Waals surface area (Å²) in [6, 6.07) is 0. The van der Waals surface area contributed by atoms with E-state index in [0.29, 0.717) is 6.54 Å². The number of rotatable bonds is 3. The Hall–Kier alpha value is -1.06. The third-order valence-corrected chi connectivity index (χ3v) is 2.68. The fraction of sp³-hybridized carbons (Fsp3) is 0.800. The molecule has 0 heterocycles. The van der Waals surface area contributed by atoms with Crippen molar-refractivity contribution in [3.8, 4) is 0 Å². The van der Waals surface area contributed by atoms with Crippen molar-refractivity contribution in [2.45, 2.75) is 32.1 Å². The molecule has 0 radical (unpaired) electrons. The summed E-state index contributed by atoms with van der Waals surface area (Å²) < 4.78 is 4.28. The first kappa shape index (κ1) is 11.0. The molecule has 14 heavy (non-hydrogen) atoms. The minimum Gasteiger partial charge on any atom is -0.462 e. The summed E-state index contributed by atoms with van der Waals surface area (Å²) in [7, 11) is 1.21. The molecule has 1 rings (SSSR count). The first-order chi connectivity index (χ1) is 6.74. The predicted octanol–water partition coefficient (Wildman–Crippen LogP) is 0.856. The highest BCUT2D eigenvalue weighted by Gasteiger charge is 2.16. The van der Waals surface area contributed by atoms with Gasteiger partial charge in [-0.3, -0.25) is 4.79 Å². The Labute approximate surface area is 84.0 Å². The van der Waals surface area contributed by atoms with Crippen LogP contribution in [0.15, 0.2) is 0 Å². The third kappa shape index (κ3) is 3.36. The first-order valence-electron chi connectivity index (χ1n) is 5.10. The number of carbonyl (C=O) groups is 2. The maximum atomic E-state index is 11.0. The van der Waals surface area contributed by atoms with E-state index in [2.05, 4.69) is 10.1 Å². The fourth-order valence-corrected chi connectivity index (χ4v) is 1.85. The predicted molar refractivity (Wildman–Crippen MR) is 51.6 cm³/mol. The average Bonchev–Trinajstić information content (AvgIpc) is 2.69. The summed E-state index contributed by atoms with van der Waals surface area (Å²) in [4.78, 5) is 21.7. The minimum absolute atomic E-state index is 0.582. The second-order valence-electron chi connectivity index (χ2n) is 3.69. The molecule has 1 amide bonds. The molecule has 80 valence electrons. The summed E-state index contributed by atoms with van der Waals surface area (Å²) in [6.07, 6.45) is 6.09. The van der Waals surface area contributed by atoms with Crippen LogP contribution in [0.2, 0.25) is 0 Å². The summed E-state index contributed by atoms with van der Waals surface area (Å²) in [5.41, 5.74) is 0. The highest BCUT2D eigenvalue weighted by atomic mass is 16.5. The van der Waals surface area contributed by atoms with Crippen LogP contribution in [0.25, 0.3) is 0 Å². The number of methoxy groups -OCH3 is 1. The molecule has 0 bridgehead atoms. The van der Waals surface area contributed by atoms with Gasteiger partial charge in [0.05, 0.1) is 7.11 Å². The fourth-order valence-electron chi connectivity index (χ4n) is 1.85. The molecule has 1 aliphatic carbocycles. The SMILES string of the molecule is COC(=O)C(=O)NCCC1CCCC1. The second kappa shape index (κ2) is 5.62. The molecule has 0 aromatic carbocycles. The Kier molecular flexibility index (Phi) is 4.43. The lowest BCUT2D eigenvalue weighted by Gasteiger charge is -2.08. The lowest BCUT2D eigenvalue weighted by molar-refractivity contribution is -0.152. The van der Waals surface area contributed by atoms with E-state index in [-0.39, 0.29) is 0 Å². The van der Waals surface area contributed by atoms with E-state index in [4.69, 9.17) is 0 Å². The molecular weight excluding hydrogens is 182 g/mol. The van der Waals surface area contributed by atoms with Crippen molar-refractivity contribution in [3.05, 3.63) is 0 Å². The summed E-state index contributed by atoms with van der Waals surface area (Å²) in [5, 5.41) is 2.55. The molecular formula is C10H17NO3. The molecule has 0 aromatic rings. The van der Waals surface area contributed by atoms with Crippen LogP contribution >= 0.6 is 0 Å². The van der Waals surface area contributed by atoms with Crippen molar-refractivity contribution < 1.29 is 14.3 Å². The van der Waals surface area contributed by atoms with Crippen molar-refractivity contribution in [2.24, 2.45) is 5.92 Å². The summed E-state index contributed by atoms with van der Waals surface area (Å²) in [6.45, 7) is 0.582. The number of ether oxygens (including phenoxy) is 1.